The van der Waals surface area contributed by atoms with Crippen molar-refractivity contribution in [1.29, 1.82) is 0 Å². The fourth-order valence-electron chi connectivity index (χ4n) is 1.60. The minimum Gasteiger partial charge on any atom is -0.315 e. The lowest BCUT2D eigenvalue weighted by Crippen LogP contribution is -2.60. The van der Waals surface area contributed by atoms with Crippen molar-refractivity contribution in [2.24, 2.45) is 11.3 Å². The SMILES string of the molecule is CC(C)C1(C(C)S)CNC1. The number of rotatable bonds is 2. The highest BCUT2D eigenvalue weighted by Gasteiger charge is 2.42. The van der Waals surface area contributed by atoms with Crippen molar-refractivity contribution < 1.29 is 0 Å². The molecule has 10 heavy (non-hydrogen) atoms. The number of hydrogen-bond donors (Lipinski definition) is 2. The van der Waals surface area contributed by atoms with E-state index >= 15 is 0 Å². The van der Waals surface area contributed by atoms with Crippen LogP contribution >= 0.6 is 12.6 Å². The summed E-state index contributed by atoms with van der Waals surface area (Å²) in [6.45, 7) is 9.07. The van der Waals surface area contributed by atoms with Crippen LogP contribution in [-0.2, 0) is 0 Å². The van der Waals surface area contributed by atoms with E-state index in [0.29, 0.717) is 10.7 Å². The van der Waals surface area contributed by atoms with Gasteiger partial charge in [0.2, 0.25) is 0 Å². The Labute approximate surface area is 69.0 Å². The lowest BCUT2D eigenvalue weighted by Gasteiger charge is -2.49. The van der Waals surface area contributed by atoms with Gasteiger partial charge in [0, 0.05) is 23.8 Å². The summed E-state index contributed by atoms with van der Waals surface area (Å²) >= 11 is 4.51. The summed E-state index contributed by atoms with van der Waals surface area (Å²) in [4.78, 5) is 0. The quantitative estimate of drug-likeness (QED) is 0.583. The van der Waals surface area contributed by atoms with Gasteiger partial charge in [-0.1, -0.05) is 20.8 Å². The maximum Gasteiger partial charge on any atom is 0.00890 e. The van der Waals surface area contributed by atoms with Crippen LogP contribution < -0.4 is 5.32 Å². The van der Waals surface area contributed by atoms with Crippen molar-refractivity contribution in [3.05, 3.63) is 0 Å². The molecule has 0 radical (unpaired) electrons. The molecule has 0 bridgehead atoms. The predicted molar refractivity (Wildman–Crippen MR) is 48.6 cm³/mol. The van der Waals surface area contributed by atoms with Gasteiger partial charge in [-0.2, -0.15) is 12.6 Å². The van der Waals surface area contributed by atoms with Crippen molar-refractivity contribution >= 4 is 12.6 Å². The molecule has 1 atom stereocenters. The fourth-order valence-corrected chi connectivity index (χ4v) is 2.08. The molecule has 1 nitrogen and oxygen atoms in total. The van der Waals surface area contributed by atoms with Crippen LogP contribution in [0.2, 0.25) is 0 Å². The standard InChI is InChI=1S/C8H17NS/c1-6(2)8(7(3)10)4-9-5-8/h6-7,9-10H,4-5H2,1-3H3. The average Bonchev–Trinajstić information content (AvgIpc) is 1.57. The van der Waals surface area contributed by atoms with Crippen molar-refractivity contribution in [2.45, 2.75) is 26.0 Å². The van der Waals surface area contributed by atoms with Gasteiger partial charge in [0.25, 0.3) is 0 Å². The van der Waals surface area contributed by atoms with Gasteiger partial charge in [-0.25, -0.2) is 0 Å². The van der Waals surface area contributed by atoms with Gasteiger partial charge in [0.15, 0.2) is 0 Å². The minimum absolute atomic E-state index is 0.475. The van der Waals surface area contributed by atoms with Crippen molar-refractivity contribution in [3.8, 4) is 0 Å². The molecule has 1 saturated heterocycles. The van der Waals surface area contributed by atoms with Crippen molar-refractivity contribution in [1.82, 2.24) is 5.32 Å². The van der Waals surface area contributed by atoms with Crippen LogP contribution in [0.3, 0.4) is 0 Å². The lowest BCUT2D eigenvalue weighted by atomic mass is 9.70. The minimum atomic E-state index is 0.475. The van der Waals surface area contributed by atoms with E-state index in [1.807, 2.05) is 0 Å². The Hall–Kier alpha value is 0.310. The molecule has 1 unspecified atom stereocenters. The zero-order valence-electron chi connectivity index (χ0n) is 7.02. The average molecular weight is 159 g/mol. The van der Waals surface area contributed by atoms with Crippen LogP contribution in [0.25, 0.3) is 0 Å². The summed E-state index contributed by atoms with van der Waals surface area (Å²) in [6, 6.07) is 0. The van der Waals surface area contributed by atoms with E-state index in [1.54, 1.807) is 0 Å². The molecule has 1 rings (SSSR count). The highest BCUT2D eigenvalue weighted by Crippen LogP contribution is 2.37. The molecule has 0 aromatic carbocycles. The lowest BCUT2D eigenvalue weighted by molar-refractivity contribution is 0.102. The Morgan fingerprint density at radius 2 is 1.80 bits per heavy atom. The van der Waals surface area contributed by atoms with E-state index in [-0.39, 0.29) is 0 Å². The first-order valence-electron chi connectivity index (χ1n) is 3.98. The van der Waals surface area contributed by atoms with E-state index in [2.05, 4.69) is 38.7 Å². The Morgan fingerprint density at radius 1 is 1.30 bits per heavy atom. The van der Waals surface area contributed by atoms with E-state index in [0.717, 1.165) is 19.0 Å². The molecule has 2 heteroatoms. The van der Waals surface area contributed by atoms with Crippen LogP contribution in [0.1, 0.15) is 20.8 Å². The molecule has 60 valence electrons. The van der Waals surface area contributed by atoms with Crippen molar-refractivity contribution in [3.63, 3.8) is 0 Å². The summed E-state index contributed by atoms with van der Waals surface area (Å²) < 4.78 is 0. The normalized spacial score (nSPS) is 26.1. The van der Waals surface area contributed by atoms with Crippen LogP contribution in [0.5, 0.6) is 0 Å². The molecule has 0 saturated carbocycles. The zero-order valence-corrected chi connectivity index (χ0v) is 7.91. The van der Waals surface area contributed by atoms with Gasteiger partial charge in [0.05, 0.1) is 0 Å². The topological polar surface area (TPSA) is 12.0 Å². The molecule has 1 heterocycles. The smallest absolute Gasteiger partial charge is 0.00890 e. The Balaban J connectivity index is 2.59. The molecular formula is C8H17NS. The van der Waals surface area contributed by atoms with Crippen LogP contribution in [0.15, 0.2) is 0 Å². The maximum absolute atomic E-state index is 4.51. The third-order valence-electron chi connectivity index (χ3n) is 2.89. The Kier molecular flexibility index (Phi) is 2.31. The summed E-state index contributed by atoms with van der Waals surface area (Å²) in [6.07, 6.45) is 0. The monoisotopic (exact) mass is 159 g/mol. The Morgan fingerprint density at radius 3 is 1.80 bits per heavy atom. The summed E-state index contributed by atoms with van der Waals surface area (Å²) in [5.41, 5.74) is 0.475. The molecule has 0 spiro atoms. The molecule has 1 aliphatic heterocycles. The fraction of sp³-hybridized carbons (Fsp3) is 1.00. The maximum atomic E-state index is 4.51. The molecule has 1 aliphatic rings. The first-order valence-corrected chi connectivity index (χ1v) is 4.50. The van der Waals surface area contributed by atoms with E-state index in [9.17, 15) is 0 Å². The van der Waals surface area contributed by atoms with Gasteiger partial charge in [-0.15, -0.1) is 0 Å². The second-order valence-corrected chi connectivity index (χ2v) is 4.44. The second kappa shape index (κ2) is 2.74. The zero-order chi connectivity index (χ0) is 7.78. The molecule has 0 aromatic rings. The van der Waals surface area contributed by atoms with Gasteiger partial charge in [-0.05, 0) is 5.92 Å². The summed E-state index contributed by atoms with van der Waals surface area (Å²) in [7, 11) is 0. The third kappa shape index (κ3) is 1.08. The molecule has 1 fully saturated rings. The molecular weight excluding hydrogens is 142 g/mol. The number of thiol groups is 1. The van der Waals surface area contributed by atoms with Gasteiger partial charge < -0.3 is 5.32 Å². The second-order valence-electron chi connectivity index (χ2n) is 3.67. The number of nitrogens with one attached hydrogen (secondary N) is 1. The third-order valence-corrected chi connectivity index (χ3v) is 3.40. The van der Waals surface area contributed by atoms with Crippen LogP contribution in [-0.4, -0.2) is 18.3 Å². The first-order chi connectivity index (χ1) is 4.59. The van der Waals surface area contributed by atoms with Crippen molar-refractivity contribution in [2.75, 3.05) is 13.1 Å². The van der Waals surface area contributed by atoms with E-state index in [4.69, 9.17) is 0 Å². The molecule has 0 amide bonds. The molecule has 1 N–H and O–H groups in total. The van der Waals surface area contributed by atoms with Gasteiger partial charge >= 0.3 is 0 Å². The molecule has 0 aliphatic carbocycles. The summed E-state index contributed by atoms with van der Waals surface area (Å²) in [5, 5.41) is 3.84. The largest absolute Gasteiger partial charge is 0.315 e. The van der Waals surface area contributed by atoms with E-state index in [1.165, 1.54) is 0 Å². The van der Waals surface area contributed by atoms with E-state index < -0.39 is 0 Å². The predicted octanol–water partition coefficient (Wildman–Crippen LogP) is 1.55. The first kappa shape index (κ1) is 8.41. The summed E-state index contributed by atoms with van der Waals surface area (Å²) in [5.74, 6) is 0.751. The van der Waals surface area contributed by atoms with Gasteiger partial charge in [-0.3, -0.25) is 0 Å². The van der Waals surface area contributed by atoms with Gasteiger partial charge in [0.1, 0.15) is 0 Å². The van der Waals surface area contributed by atoms with Crippen LogP contribution in [0, 0.1) is 11.3 Å². The highest BCUT2D eigenvalue weighted by atomic mass is 32.1. The number of hydrogen-bond acceptors (Lipinski definition) is 2. The molecule has 0 aromatic heterocycles. The van der Waals surface area contributed by atoms with Crippen LogP contribution in [0.4, 0.5) is 0 Å². The Bertz CT molecular complexity index is 106. The highest BCUT2D eigenvalue weighted by molar-refractivity contribution is 7.81.